The van der Waals surface area contributed by atoms with Gasteiger partial charge in [-0.2, -0.15) is 0 Å². The first kappa shape index (κ1) is 20.1. The summed E-state index contributed by atoms with van der Waals surface area (Å²) < 4.78 is 0. The second kappa shape index (κ2) is 9.01. The number of nitrogens with zero attached hydrogens (tertiary/aromatic N) is 2. The van der Waals surface area contributed by atoms with E-state index >= 15 is 0 Å². The minimum absolute atomic E-state index is 0.0118. The van der Waals surface area contributed by atoms with Crippen molar-refractivity contribution < 1.29 is 14.4 Å². The Bertz CT molecular complexity index is 833. The van der Waals surface area contributed by atoms with Crippen LogP contribution in [0.2, 0.25) is 0 Å². The summed E-state index contributed by atoms with van der Waals surface area (Å²) >= 11 is 1.41. The number of likely N-dealkylation sites (N-methyl/N-ethyl adjacent to an activating group) is 1. The molecule has 0 radical (unpaired) electrons. The molecule has 1 fully saturated rings. The number of benzene rings is 1. The van der Waals surface area contributed by atoms with E-state index in [0.29, 0.717) is 23.7 Å². The molecule has 1 N–H and O–H groups in total. The van der Waals surface area contributed by atoms with Gasteiger partial charge in [0, 0.05) is 25.8 Å². The van der Waals surface area contributed by atoms with Crippen LogP contribution in [-0.4, -0.2) is 54.2 Å². The minimum Gasteiger partial charge on any atom is -0.337 e. The van der Waals surface area contributed by atoms with Crippen LogP contribution in [-0.2, 0) is 9.59 Å². The first-order chi connectivity index (χ1) is 13.4. The maximum absolute atomic E-state index is 12.8. The number of hydrogen-bond acceptors (Lipinski definition) is 4. The molecule has 3 amide bonds. The molecule has 7 heteroatoms. The van der Waals surface area contributed by atoms with Crippen molar-refractivity contribution in [2.45, 2.75) is 19.8 Å². The number of thiophene rings is 1. The largest absolute Gasteiger partial charge is 0.337 e. The topological polar surface area (TPSA) is 69.7 Å². The van der Waals surface area contributed by atoms with Crippen molar-refractivity contribution in [1.82, 2.24) is 9.80 Å². The van der Waals surface area contributed by atoms with Crippen molar-refractivity contribution in [3.63, 3.8) is 0 Å². The van der Waals surface area contributed by atoms with E-state index in [4.69, 9.17) is 0 Å². The maximum Gasteiger partial charge on any atom is 0.263 e. The highest BCUT2D eigenvalue weighted by atomic mass is 32.1. The highest BCUT2D eigenvalue weighted by Crippen LogP contribution is 2.22. The molecular formula is C21H25N3O3S. The number of aryl methyl sites for hydroxylation is 1. The third kappa shape index (κ3) is 4.98. The number of carbonyl (C=O) groups is 3. The first-order valence-corrected chi connectivity index (χ1v) is 10.3. The summed E-state index contributed by atoms with van der Waals surface area (Å²) in [5, 5.41) is 4.68. The average molecular weight is 400 g/mol. The highest BCUT2D eigenvalue weighted by Gasteiger charge is 2.31. The van der Waals surface area contributed by atoms with Crippen LogP contribution >= 0.6 is 11.3 Å². The number of likely N-dealkylation sites (tertiary alicyclic amines) is 1. The van der Waals surface area contributed by atoms with E-state index in [2.05, 4.69) is 5.32 Å². The van der Waals surface area contributed by atoms with Gasteiger partial charge in [-0.05, 0) is 43.3 Å². The molecule has 2 aromatic rings. The first-order valence-electron chi connectivity index (χ1n) is 9.38. The molecule has 1 saturated heterocycles. The van der Waals surface area contributed by atoms with Crippen LogP contribution in [0.5, 0.6) is 0 Å². The minimum atomic E-state index is -0.269. The average Bonchev–Trinajstić information content (AvgIpc) is 3.23. The Balaban J connectivity index is 1.54. The zero-order valence-electron chi connectivity index (χ0n) is 16.2. The Morgan fingerprint density at radius 2 is 1.96 bits per heavy atom. The van der Waals surface area contributed by atoms with E-state index in [-0.39, 0.29) is 30.2 Å². The van der Waals surface area contributed by atoms with Gasteiger partial charge in [0.05, 0.1) is 17.3 Å². The number of hydrogen-bond donors (Lipinski definition) is 1. The highest BCUT2D eigenvalue weighted by molar-refractivity contribution is 7.12. The lowest BCUT2D eigenvalue weighted by molar-refractivity contribution is -0.138. The summed E-state index contributed by atoms with van der Waals surface area (Å²) in [5.74, 6) is -0.619. The number of amides is 3. The van der Waals surface area contributed by atoms with Crippen molar-refractivity contribution in [1.29, 1.82) is 0 Å². The van der Waals surface area contributed by atoms with Gasteiger partial charge in [0.1, 0.15) is 0 Å². The Labute approximate surface area is 169 Å². The predicted octanol–water partition coefficient (Wildman–Crippen LogP) is 3.01. The van der Waals surface area contributed by atoms with Gasteiger partial charge in [0.15, 0.2) is 0 Å². The molecule has 0 bridgehead atoms. The number of rotatable bonds is 5. The second-order valence-electron chi connectivity index (χ2n) is 7.18. The van der Waals surface area contributed by atoms with Gasteiger partial charge in [-0.1, -0.05) is 23.8 Å². The van der Waals surface area contributed by atoms with Crippen molar-refractivity contribution in [2.75, 3.05) is 32.0 Å². The van der Waals surface area contributed by atoms with E-state index in [0.717, 1.165) is 18.4 Å². The molecule has 3 rings (SSSR count). The Kier molecular flexibility index (Phi) is 6.46. The summed E-state index contributed by atoms with van der Waals surface area (Å²) in [6.45, 7) is 3.04. The van der Waals surface area contributed by atoms with Crippen LogP contribution in [0.3, 0.4) is 0 Å². The third-order valence-corrected chi connectivity index (χ3v) is 5.74. The summed E-state index contributed by atoms with van der Waals surface area (Å²) in [6.07, 6.45) is 1.52. The number of anilines is 1. The molecule has 0 saturated carbocycles. The maximum atomic E-state index is 12.8. The lowest BCUT2D eigenvalue weighted by Crippen LogP contribution is -2.47. The van der Waals surface area contributed by atoms with Gasteiger partial charge < -0.3 is 15.1 Å². The molecular weight excluding hydrogens is 374 g/mol. The fraction of sp³-hybridized carbons (Fsp3) is 0.381. The third-order valence-electron chi connectivity index (χ3n) is 4.88. The lowest BCUT2D eigenvalue weighted by atomic mass is 9.96. The molecule has 28 heavy (non-hydrogen) atoms. The van der Waals surface area contributed by atoms with Crippen LogP contribution in [0.15, 0.2) is 41.8 Å². The van der Waals surface area contributed by atoms with E-state index < -0.39 is 0 Å². The standard InChI is InChI=1S/C21H25N3O3S/c1-15-7-9-17(10-8-15)22-19(25)14-23(2)20(26)16-5-3-11-24(13-16)21(27)18-6-4-12-28-18/h4,6-10,12,16H,3,5,11,13-14H2,1-2H3,(H,22,25)/t16-/m1/s1. The molecule has 1 aromatic carbocycles. The molecule has 1 aliphatic heterocycles. The number of piperidine rings is 1. The fourth-order valence-electron chi connectivity index (χ4n) is 3.36. The van der Waals surface area contributed by atoms with E-state index in [1.54, 1.807) is 18.0 Å². The molecule has 0 spiro atoms. The van der Waals surface area contributed by atoms with Crippen molar-refractivity contribution in [3.8, 4) is 0 Å². The van der Waals surface area contributed by atoms with Gasteiger partial charge in [0.2, 0.25) is 11.8 Å². The molecule has 1 aromatic heterocycles. The Morgan fingerprint density at radius 1 is 1.21 bits per heavy atom. The SMILES string of the molecule is Cc1ccc(NC(=O)CN(C)C(=O)[C@@H]2CCCN(C(=O)c3cccs3)C2)cc1. The Hall–Kier alpha value is -2.67. The second-order valence-corrected chi connectivity index (χ2v) is 8.12. The summed E-state index contributed by atoms with van der Waals surface area (Å²) in [5.41, 5.74) is 1.83. The van der Waals surface area contributed by atoms with E-state index in [1.807, 2.05) is 42.6 Å². The van der Waals surface area contributed by atoms with Gasteiger partial charge in [-0.3, -0.25) is 14.4 Å². The molecule has 0 unspecified atom stereocenters. The van der Waals surface area contributed by atoms with Crippen LogP contribution in [0, 0.1) is 12.8 Å². The normalized spacial score (nSPS) is 16.5. The molecule has 6 nitrogen and oxygen atoms in total. The van der Waals surface area contributed by atoms with E-state index in [1.165, 1.54) is 16.2 Å². The van der Waals surface area contributed by atoms with Gasteiger partial charge in [0.25, 0.3) is 5.91 Å². The van der Waals surface area contributed by atoms with Crippen LogP contribution in [0.4, 0.5) is 5.69 Å². The van der Waals surface area contributed by atoms with Gasteiger partial charge in [-0.25, -0.2) is 0 Å². The number of carbonyl (C=O) groups excluding carboxylic acids is 3. The monoisotopic (exact) mass is 399 g/mol. The van der Waals surface area contributed by atoms with Gasteiger partial charge in [-0.15, -0.1) is 11.3 Å². The summed E-state index contributed by atoms with van der Waals surface area (Å²) in [4.78, 5) is 41.5. The fourth-order valence-corrected chi connectivity index (χ4v) is 4.05. The molecule has 148 valence electrons. The van der Waals surface area contributed by atoms with Crippen molar-refractivity contribution in [2.24, 2.45) is 5.92 Å². The van der Waals surface area contributed by atoms with E-state index in [9.17, 15) is 14.4 Å². The smallest absolute Gasteiger partial charge is 0.263 e. The summed E-state index contributed by atoms with van der Waals surface area (Å²) in [7, 11) is 1.64. The molecule has 1 aliphatic rings. The quantitative estimate of drug-likeness (QED) is 0.840. The molecule has 1 atom stereocenters. The van der Waals surface area contributed by atoms with Crippen LogP contribution in [0.1, 0.15) is 28.1 Å². The lowest BCUT2D eigenvalue weighted by Gasteiger charge is -2.33. The predicted molar refractivity (Wildman–Crippen MR) is 110 cm³/mol. The molecule has 2 heterocycles. The Morgan fingerprint density at radius 3 is 2.64 bits per heavy atom. The molecule has 0 aliphatic carbocycles. The van der Waals surface area contributed by atoms with Crippen molar-refractivity contribution >= 4 is 34.7 Å². The van der Waals surface area contributed by atoms with Gasteiger partial charge >= 0.3 is 0 Å². The van der Waals surface area contributed by atoms with Crippen molar-refractivity contribution in [3.05, 3.63) is 52.2 Å². The van der Waals surface area contributed by atoms with Crippen LogP contribution < -0.4 is 5.32 Å². The summed E-state index contributed by atoms with van der Waals surface area (Å²) in [6, 6.07) is 11.2. The zero-order chi connectivity index (χ0) is 20.1. The zero-order valence-corrected chi connectivity index (χ0v) is 17.0. The number of nitrogens with one attached hydrogen (secondary N) is 1. The van der Waals surface area contributed by atoms with Crippen LogP contribution in [0.25, 0.3) is 0 Å².